The molecule has 0 bridgehead atoms. The number of aromatic nitrogens is 3. The van der Waals surface area contributed by atoms with Crippen LogP contribution in [-0.2, 0) is 11.3 Å². The smallest absolute Gasteiger partial charge is 0.309 e. The van der Waals surface area contributed by atoms with E-state index in [0.717, 1.165) is 6.20 Å². The Balaban J connectivity index is 1.71. The molecule has 0 spiro atoms. The molecule has 3 rings (SSSR count). The highest BCUT2D eigenvalue weighted by molar-refractivity contribution is 5.91. The van der Waals surface area contributed by atoms with E-state index in [9.17, 15) is 25.0 Å². The van der Waals surface area contributed by atoms with E-state index < -0.39 is 15.8 Å². The van der Waals surface area contributed by atoms with Crippen LogP contribution in [0.3, 0.4) is 0 Å². The van der Waals surface area contributed by atoms with E-state index >= 15 is 0 Å². The van der Waals surface area contributed by atoms with Crippen LogP contribution in [0.1, 0.15) is 12.1 Å². The van der Waals surface area contributed by atoms with Crippen LogP contribution < -0.4 is 10.1 Å². The van der Waals surface area contributed by atoms with Crippen LogP contribution in [0.25, 0.3) is 0 Å². The average molecular weight is 412 g/mol. The van der Waals surface area contributed by atoms with Gasteiger partial charge in [0, 0.05) is 24.8 Å². The molecular weight excluding hydrogens is 396 g/mol. The van der Waals surface area contributed by atoms with Crippen molar-refractivity contribution in [1.29, 1.82) is 0 Å². The monoisotopic (exact) mass is 412 g/mol. The van der Waals surface area contributed by atoms with Crippen LogP contribution in [0.5, 0.6) is 11.5 Å². The first-order valence-electron chi connectivity index (χ1n) is 8.67. The fourth-order valence-electron chi connectivity index (χ4n) is 2.64. The third-order valence-corrected chi connectivity index (χ3v) is 4.08. The summed E-state index contributed by atoms with van der Waals surface area (Å²) in [6.07, 6.45) is 4.08. The van der Waals surface area contributed by atoms with Gasteiger partial charge in [0.15, 0.2) is 0 Å². The molecule has 3 aromatic rings. The molecule has 0 aliphatic carbocycles. The summed E-state index contributed by atoms with van der Waals surface area (Å²) in [7, 11) is 0. The molecule has 0 saturated heterocycles. The number of carbonyl (C=O) groups excluding carboxylic acids is 1. The molecule has 0 fully saturated rings. The predicted octanol–water partition coefficient (Wildman–Crippen LogP) is 3.22. The first kappa shape index (κ1) is 20.4. The highest BCUT2D eigenvalue weighted by Gasteiger charge is 2.17. The van der Waals surface area contributed by atoms with Crippen molar-refractivity contribution in [2.45, 2.75) is 19.9 Å². The lowest BCUT2D eigenvalue weighted by atomic mass is 10.2. The number of benzene rings is 1. The van der Waals surface area contributed by atoms with E-state index in [1.165, 1.54) is 36.0 Å². The molecule has 1 N–H and O–H groups in total. The second-order valence-corrected chi connectivity index (χ2v) is 6.16. The molecule has 2 heterocycles. The third-order valence-electron chi connectivity index (χ3n) is 4.08. The van der Waals surface area contributed by atoms with Gasteiger partial charge in [-0.15, -0.1) is 0 Å². The number of nitro groups is 2. The van der Waals surface area contributed by atoms with Crippen molar-refractivity contribution < 1.29 is 19.4 Å². The molecule has 2 aromatic heterocycles. The van der Waals surface area contributed by atoms with E-state index in [0.29, 0.717) is 11.4 Å². The number of nitrogens with one attached hydrogen (secondary N) is 1. The number of anilines is 1. The van der Waals surface area contributed by atoms with Gasteiger partial charge in [0.1, 0.15) is 23.4 Å². The highest BCUT2D eigenvalue weighted by Crippen LogP contribution is 2.29. The summed E-state index contributed by atoms with van der Waals surface area (Å²) in [5.74, 6) is 0.0949. The number of hydrogen-bond acceptors (Lipinski definition) is 8. The Kier molecular flexibility index (Phi) is 5.96. The minimum Gasteiger partial charge on any atom is -0.455 e. The number of hydrogen-bond donors (Lipinski definition) is 1. The zero-order valence-electron chi connectivity index (χ0n) is 15.7. The predicted molar refractivity (Wildman–Crippen MR) is 104 cm³/mol. The maximum Gasteiger partial charge on any atom is 0.309 e. The Bertz CT molecular complexity index is 1100. The van der Waals surface area contributed by atoms with Crippen LogP contribution in [0.15, 0.2) is 48.9 Å². The Morgan fingerprint density at radius 3 is 2.60 bits per heavy atom. The van der Waals surface area contributed by atoms with Gasteiger partial charge in [-0.1, -0.05) is 0 Å². The summed E-state index contributed by atoms with van der Waals surface area (Å²) in [5.41, 5.74) is 0.114. The van der Waals surface area contributed by atoms with Gasteiger partial charge in [-0.2, -0.15) is 5.10 Å². The SMILES string of the molecule is Cc1c([N+](=O)[O-])cnn1CCC(=O)Nc1cc(Oc2cccnc2)cc([N+](=O)[O-])c1. The van der Waals surface area contributed by atoms with Crippen LogP contribution in [0.4, 0.5) is 17.1 Å². The summed E-state index contributed by atoms with van der Waals surface area (Å²) < 4.78 is 6.91. The molecule has 0 saturated carbocycles. The Morgan fingerprint density at radius 1 is 1.17 bits per heavy atom. The molecule has 12 heteroatoms. The summed E-state index contributed by atoms with van der Waals surface area (Å²) in [6, 6.07) is 7.17. The highest BCUT2D eigenvalue weighted by atomic mass is 16.6. The van der Waals surface area contributed by atoms with E-state index in [2.05, 4.69) is 15.4 Å². The molecule has 30 heavy (non-hydrogen) atoms. The van der Waals surface area contributed by atoms with Gasteiger partial charge < -0.3 is 10.1 Å². The van der Waals surface area contributed by atoms with Gasteiger partial charge in [-0.05, 0) is 19.1 Å². The molecule has 1 aromatic carbocycles. The van der Waals surface area contributed by atoms with E-state index in [-0.39, 0.29) is 35.8 Å². The van der Waals surface area contributed by atoms with Crippen LogP contribution in [0, 0.1) is 27.2 Å². The lowest BCUT2D eigenvalue weighted by Gasteiger charge is -2.09. The second kappa shape index (κ2) is 8.77. The number of pyridine rings is 1. The molecule has 0 atom stereocenters. The zero-order chi connectivity index (χ0) is 21.7. The normalized spacial score (nSPS) is 10.4. The molecule has 0 aliphatic heterocycles. The van der Waals surface area contributed by atoms with Crippen molar-refractivity contribution in [2.75, 3.05) is 5.32 Å². The maximum absolute atomic E-state index is 12.3. The van der Waals surface area contributed by atoms with Crippen molar-refractivity contribution in [1.82, 2.24) is 14.8 Å². The summed E-state index contributed by atoms with van der Waals surface area (Å²) in [6.45, 7) is 1.64. The first-order valence-corrected chi connectivity index (χ1v) is 8.67. The van der Waals surface area contributed by atoms with Gasteiger partial charge in [0.2, 0.25) is 5.91 Å². The van der Waals surface area contributed by atoms with Gasteiger partial charge >= 0.3 is 5.69 Å². The summed E-state index contributed by atoms with van der Waals surface area (Å²) in [5, 5.41) is 28.5. The van der Waals surface area contributed by atoms with Gasteiger partial charge in [0.05, 0.1) is 34.3 Å². The number of amides is 1. The van der Waals surface area contributed by atoms with Crippen molar-refractivity contribution in [3.8, 4) is 11.5 Å². The lowest BCUT2D eigenvalue weighted by Crippen LogP contribution is -2.15. The number of aryl methyl sites for hydroxylation is 1. The van der Waals surface area contributed by atoms with E-state index in [4.69, 9.17) is 4.74 Å². The number of carbonyl (C=O) groups is 1. The molecule has 0 radical (unpaired) electrons. The number of ether oxygens (including phenoxy) is 1. The zero-order valence-corrected chi connectivity index (χ0v) is 15.7. The Labute approximate surface area is 169 Å². The fourth-order valence-corrected chi connectivity index (χ4v) is 2.64. The van der Waals surface area contributed by atoms with Gasteiger partial charge in [0.25, 0.3) is 5.69 Å². The van der Waals surface area contributed by atoms with Crippen LogP contribution in [-0.4, -0.2) is 30.5 Å². The fraction of sp³-hybridized carbons (Fsp3) is 0.167. The van der Waals surface area contributed by atoms with Crippen molar-refractivity contribution in [3.63, 3.8) is 0 Å². The van der Waals surface area contributed by atoms with Gasteiger partial charge in [-0.25, -0.2) is 0 Å². The molecule has 1 amide bonds. The molecule has 0 aliphatic rings. The minimum atomic E-state index is -0.599. The first-order chi connectivity index (χ1) is 14.3. The standard InChI is InChI=1S/C18H16N6O6/c1-12-17(24(28)29)11-20-22(12)6-4-18(25)21-13-7-14(23(26)27)9-16(8-13)30-15-3-2-5-19-10-15/h2-3,5,7-11H,4,6H2,1H3,(H,21,25). The maximum atomic E-state index is 12.3. The second-order valence-electron chi connectivity index (χ2n) is 6.16. The summed E-state index contributed by atoms with van der Waals surface area (Å²) >= 11 is 0. The van der Waals surface area contributed by atoms with Gasteiger partial charge in [-0.3, -0.25) is 34.7 Å². The van der Waals surface area contributed by atoms with E-state index in [1.54, 1.807) is 18.3 Å². The average Bonchev–Trinajstić information content (AvgIpc) is 3.07. The minimum absolute atomic E-state index is 0.0405. The largest absolute Gasteiger partial charge is 0.455 e. The molecule has 154 valence electrons. The summed E-state index contributed by atoms with van der Waals surface area (Å²) in [4.78, 5) is 37.1. The van der Waals surface area contributed by atoms with Crippen molar-refractivity contribution in [3.05, 3.63) is 74.8 Å². The number of nitro benzene ring substituents is 1. The third kappa shape index (κ3) is 4.92. The quantitative estimate of drug-likeness (QED) is 0.436. The topological polar surface area (TPSA) is 155 Å². The number of nitrogens with zero attached hydrogens (tertiary/aromatic N) is 5. The molecular formula is C18H16N6O6. The van der Waals surface area contributed by atoms with E-state index in [1.807, 2.05) is 0 Å². The number of rotatable bonds is 8. The Morgan fingerprint density at radius 2 is 1.97 bits per heavy atom. The van der Waals surface area contributed by atoms with Crippen LogP contribution >= 0.6 is 0 Å². The molecule has 12 nitrogen and oxygen atoms in total. The Hall–Kier alpha value is -4.35. The molecule has 0 unspecified atom stereocenters. The number of non-ortho nitro benzene ring substituents is 1. The lowest BCUT2D eigenvalue weighted by molar-refractivity contribution is -0.385. The van der Waals surface area contributed by atoms with Crippen molar-refractivity contribution in [2.24, 2.45) is 0 Å². The van der Waals surface area contributed by atoms with Crippen LogP contribution in [0.2, 0.25) is 0 Å². The van der Waals surface area contributed by atoms with Crippen molar-refractivity contribution >= 4 is 23.0 Å².